The second-order valence-electron chi connectivity index (χ2n) is 4.06. The maximum Gasteiger partial charge on any atom is 0.141 e. The fourth-order valence-corrected chi connectivity index (χ4v) is 1.86. The molecule has 0 aliphatic carbocycles. The SMILES string of the molecule is CC1CC(OCCC(N)=NO)CC(C)O1. The van der Waals surface area contributed by atoms with Crippen LogP contribution >= 0.6 is 0 Å². The molecular formula is C10H20N2O3. The maximum absolute atomic E-state index is 8.34. The summed E-state index contributed by atoms with van der Waals surface area (Å²) in [6.45, 7) is 4.60. The number of amidine groups is 1. The summed E-state index contributed by atoms with van der Waals surface area (Å²) in [5.74, 6) is 0.211. The van der Waals surface area contributed by atoms with Gasteiger partial charge in [0.05, 0.1) is 24.9 Å². The first-order chi connectivity index (χ1) is 7.11. The smallest absolute Gasteiger partial charge is 0.141 e. The first-order valence-corrected chi connectivity index (χ1v) is 5.35. The zero-order chi connectivity index (χ0) is 11.3. The third kappa shape index (κ3) is 4.48. The minimum absolute atomic E-state index is 0.211. The molecular weight excluding hydrogens is 196 g/mol. The van der Waals surface area contributed by atoms with E-state index in [-0.39, 0.29) is 24.1 Å². The van der Waals surface area contributed by atoms with Crippen LogP contribution in [0.2, 0.25) is 0 Å². The summed E-state index contributed by atoms with van der Waals surface area (Å²) in [6.07, 6.45) is 3.04. The van der Waals surface area contributed by atoms with E-state index in [1.165, 1.54) is 0 Å². The molecule has 5 nitrogen and oxygen atoms in total. The lowest BCUT2D eigenvalue weighted by atomic mass is 10.0. The molecule has 3 N–H and O–H groups in total. The summed E-state index contributed by atoms with van der Waals surface area (Å²) < 4.78 is 11.2. The van der Waals surface area contributed by atoms with Gasteiger partial charge in [0.15, 0.2) is 0 Å². The lowest BCUT2D eigenvalue weighted by Gasteiger charge is -2.31. The van der Waals surface area contributed by atoms with E-state index in [1.807, 2.05) is 0 Å². The van der Waals surface area contributed by atoms with E-state index in [0.717, 1.165) is 12.8 Å². The van der Waals surface area contributed by atoms with Gasteiger partial charge in [0.25, 0.3) is 0 Å². The zero-order valence-corrected chi connectivity index (χ0v) is 9.35. The van der Waals surface area contributed by atoms with Crippen LogP contribution in [-0.4, -0.2) is 36.0 Å². The molecule has 1 rings (SSSR count). The fraction of sp³-hybridized carbons (Fsp3) is 0.900. The summed E-state index contributed by atoms with van der Waals surface area (Å²) >= 11 is 0. The molecule has 1 saturated heterocycles. The summed E-state index contributed by atoms with van der Waals surface area (Å²) in [7, 11) is 0. The highest BCUT2D eigenvalue weighted by Gasteiger charge is 2.24. The number of oxime groups is 1. The van der Waals surface area contributed by atoms with E-state index >= 15 is 0 Å². The molecule has 0 amide bonds. The first-order valence-electron chi connectivity index (χ1n) is 5.35. The predicted octanol–water partition coefficient (Wildman–Crippen LogP) is 1.10. The molecule has 1 aliphatic rings. The van der Waals surface area contributed by atoms with Crippen LogP contribution in [0.15, 0.2) is 5.16 Å². The van der Waals surface area contributed by atoms with Gasteiger partial charge in [-0.1, -0.05) is 5.16 Å². The van der Waals surface area contributed by atoms with Gasteiger partial charge in [0.1, 0.15) is 5.84 Å². The Labute approximate surface area is 90.2 Å². The van der Waals surface area contributed by atoms with Gasteiger partial charge >= 0.3 is 0 Å². The maximum atomic E-state index is 8.34. The van der Waals surface area contributed by atoms with Gasteiger partial charge in [-0.3, -0.25) is 0 Å². The highest BCUT2D eigenvalue weighted by Crippen LogP contribution is 2.21. The van der Waals surface area contributed by atoms with Crippen LogP contribution in [0.25, 0.3) is 0 Å². The van der Waals surface area contributed by atoms with Crippen molar-refractivity contribution < 1.29 is 14.7 Å². The highest BCUT2D eigenvalue weighted by molar-refractivity contribution is 5.79. The minimum atomic E-state index is 0.211. The van der Waals surface area contributed by atoms with Crippen LogP contribution in [0, 0.1) is 0 Å². The van der Waals surface area contributed by atoms with Crippen LogP contribution in [0.5, 0.6) is 0 Å². The number of hydrogen-bond donors (Lipinski definition) is 2. The Morgan fingerprint density at radius 1 is 1.47 bits per heavy atom. The van der Waals surface area contributed by atoms with Crippen LogP contribution in [0.1, 0.15) is 33.1 Å². The molecule has 1 aliphatic heterocycles. The van der Waals surface area contributed by atoms with E-state index in [9.17, 15) is 0 Å². The average molecular weight is 216 g/mol. The van der Waals surface area contributed by atoms with Gasteiger partial charge in [-0.15, -0.1) is 0 Å². The number of ether oxygens (including phenoxy) is 2. The lowest BCUT2D eigenvalue weighted by Crippen LogP contribution is -2.34. The van der Waals surface area contributed by atoms with Crippen LogP contribution in [0.3, 0.4) is 0 Å². The Bertz CT molecular complexity index is 211. The van der Waals surface area contributed by atoms with Crippen molar-refractivity contribution in [2.75, 3.05) is 6.61 Å². The van der Waals surface area contributed by atoms with Crippen LogP contribution < -0.4 is 5.73 Å². The molecule has 0 aromatic heterocycles. The van der Waals surface area contributed by atoms with Gasteiger partial charge in [-0.25, -0.2) is 0 Å². The number of rotatable bonds is 4. The monoisotopic (exact) mass is 216 g/mol. The molecule has 1 fully saturated rings. The normalized spacial score (nSPS) is 32.9. The summed E-state index contributed by atoms with van der Waals surface area (Å²) in [4.78, 5) is 0. The molecule has 2 unspecified atom stereocenters. The second kappa shape index (κ2) is 5.92. The molecule has 1 heterocycles. The molecule has 0 spiro atoms. The van der Waals surface area contributed by atoms with Gasteiger partial charge in [-0.2, -0.15) is 0 Å². The Hall–Kier alpha value is -0.810. The molecule has 15 heavy (non-hydrogen) atoms. The minimum Gasteiger partial charge on any atom is -0.409 e. The quantitative estimate of drug-likeness (QED) is 0.319. The molecule has 0 radical (unpaired) electrons. The van der Waals surface area contributed by atoms with Gasteiger partial charge in [0.2, 0.25) is 0 Å². The number of nitrogens with zero attached hydrogens (tertiary/aromatic N) is 1. The van der Waals surface area contributed by atoms with Crippen molar-refractivity contribution in [3.05, 3.63) is 0 Å². The van der Waals surface area contributed by atoms with Gasteiger partial charge in [0, 0.05) is 6.42 Å². The zero-order valence-electron chi connectivity index (χ0n) is 9.35. The van der Waals surface area contributed by atoms with Crippen molar-refractivity contribution in [3.63, 3.8) is 0 Å². The van der Waals surface area contributed by atoms with Crippen molar-refractivity contribution in [2.24, 2.45) is 10.9 Å². The topological polar surface area (TPSA) is 77.1 Å². The van der Waals surface area contributed by atoms with Crippen molar-refractivity contribution in [1.82, 2.24) is 0 Å². The fourth-order valence-electron chi connectivity index (χ4n) is 1.86. The van der Waals surface area contributed by atoms with Crippen molar-refractivity contribution >= 4 is 5.84 Å². The summed E-state index contributed by atoms with van der Waals surface area (Å²) in [5, 5.41) is 11.2. The van der Waals surface area contributed by atoms with Crippen molar-refractivity contribution in [1.29, 1.82) is 0 Å². The summed E-state index contributed by atoms with van der Waals surface area (Å²) in [6, 6.07) is 0. The predicted molar refractivity (Wildman–Crippen MR) is 57.0 cm³/mol. The molecule has 5 heteroatoms. The molecule has 88 valence electrons. The molecule has 2 atom stereocenters. The van der Waals surface area contributed by atoms with E-state index in [0.29, 0.717) is 13.0 Å². The van der Waals surface area contributed by atoms with Gasteiger partial charge < -0.3 is 20.4 Å². The first kappa shape index (κ1) is 12.3. The Morgan fingerprint density at radius 3 is 2.60 bits per heavy atom. The average Bonchev–Trinajstić information content (AvgIpc) is 2.16. The standard InChI is InChI=1S/C10H20N2O3/c1-7-5-9(6-8(2)15-7)14-4-3-10(11)12-13/h7-9,13H,3-6H2,1-2H3,(H2,11,12). The molecule has 0 saturated carbocycles. The highest BCUT2D eigenvalue weighted by atomic mass is 16.5. The van der Waals surface area contributed by atoms with Crippen molar-refractivity contribution in [2.45, 2.75) is 51.4 Å². The van der Waals surface area contributed by atoms with E-state index in [4.69, 9.17) is 20.4 Å². The van der Waals surface area contributed by atoms with E-state index < -0.39 is 0 Å². The van der Waals surface area contributed by atoms with Crippen LogP contribution in [0.4, 0.5) is 0 Å². The third-order valence-electron chi connectivity index (χ3n) is 2.49. The van der Waals surface area contributed by atoms with Gasteiger partial charge in [-0.05, 0) is 26.7 Å². The van der Waals surface area contributed by atoms with Crippen LogP contribution in [-0.2, 0) is 9.47 Å². The van der Waals surface area contributed by atoms with E-state index in [2.05, 4.69) is 19.0 Å². The Morgan fingerprint density at radius 2 is 2.07 bits per heavy atom. The lowest BCUT2D eigenvalue weighted by molar-refractivity contribution is -0.100. The number of hydrogen-bond acceptors (Lipinski definition) is 4. The molecule has 0 bridgehead atoms. The number of nitrogens with two attached hydrogens (primary N) is 1. The Kier molecular flexibility index (Phi) is 4.84. The van der Waals surface area contributed by atoms with Crippen molar-refractivity contribution in [3.8, 4) is 0 Å². The van der Waals surface area contributed by atoms with E-state index in [1.54, 1.807) is 0 Å². The molecule has 0 aromatic carbocycles. The largest absolute Gasteiger partial charge is 0.409 e. The second-order valence-corrected chi connectivity index (χ2v) is 4.06. The molecule has 0 aromatic rings. The summed E-state index contributed by atoms with van der Waals surface area (Å²) in [5.41, 5.74) is 5.34. The third-order valence-corrected chi connectivity index (χ3v) is 2.49. The Balaban J connectivity index is 2.20.